The molecule has 3 heteroatoms. The Kier molecular flexibility index (Phi) is 7.39. The molecule has 2 radical (unpaired) electrons. The zero-order chi connectivity index (χ0) is 6.24. The molecule has 0 spiro atoms. The van der Waals surface area contributed by atoms with Gasteiger partial charge in [0.25, 0.3) is 0 Å². The molecule has 0 N–H and O–H groups in total. The fourth-order valence-electron chi connectivity index (χ4n) is 0.254. The monoisotopic (exact) mass is 148 g/mol. The Morgan fingerprint density at radius 3 is 3.00 bits per heavy atom. The van der Waals surface area contributed by atoms with Crippen molar-refractivity contribution in [2.75, 3.05) is 12.8 Å². The smallest absolute Gasteiger partial charge is 0.105 e. The van der Waals surface area contributed by atoms with Crippen molar-refractivity contribution in [3.05, 3.63) is 11.2 Å². The maximum absolute atomic E-state index is 5.25. The van der Waals surface area contributed by atoms with E-state index in [0.717, 1.165) is 12.8 Å². The first-order chi connectivity index (χ1) is 3.91. The zero-order valence-electron chi connectivity index (χ0n) is 4.86. The van der Waals surface area contributed by atoms with E-state index in [9.17, 15) is 0 Å². The van der Waals surface area contributed by atoms with E-state index in [2.05, 4.69) is 0 Å². The third-order valence-corrected chi connectivity index (χ3v) is 1.68. The molecular weight excluding hydrogens is 140 g/mol. The summed E-state index contributed by atoms with van der Waals surface area (Å²) >= 11 is 5.25. The second-order valence-corrected chi connectivity index (χ2v) is 2.42. The molecule has 0 aromatic heterocycles. The molecular formula is C5H9ClOSi. The SMILES string of the molecule is CCOC[Si]C=CCl. The molecule has 0 aliphatic rings. The van der Waals surface area contributed by atoms with E-state index < -0.39 is 0 Å². The van der Waals surface area contributed by atoms with Crippen LogP contribution in [0.2, 0.25) is 0 Å². The van der Waals surface area contributed by atoms with Gasteiger partial charge in [-0.15, -0.1) is 0 Å². The third-order valence-electron chi connectivity index (χ3n) is 0.570. The van der Waals surface area contributed by atoms with E-state index in [0.29, 0.717) is 9.52 Å². The topological polar surface area (TPSA) is 9.23 Å². The van der Waals surface area contributed by atoms with Crippen LogP contribution in [0.25, 0.3) is 0 Å². The van der Waals surface area contributed by atoms with Gasteiger partial charge in [-0.1, -0.05) is 17.3 Å². The molecule has 0 aliphatic carbocycles. The number of hydrogen-bond donors (Lipinski definition) is 0. The van der Waals surface area contributed by atoms with Crippen LogP contribution in [0.15, 0.2) is 11.2 Å². The van der Waals surface area contributed by atoms with Crippen molar-refractivity contribution >= 4 is 21.1 Å². The van der Waals surface area contributed by atoms with Crippen LogP contribution >= 0.6 is 11.6 Å². The van der Waals surface area contributed by atoms with Gasteiger partial charge in [0.15, 0.2) is 0 Å². The summed E-state index contributed by atoms with van der Waals surface area (Å²) in [5.41, 5.74) is 3.43. The van der Waals surface area contributed by atoms with E-state index in [1.807, 2.05) is 12.6 Å². The van der Waals surface area contributed by atoms with Crippen molar-refractivity contribution in [2.45, 2.75) is 6.92 Å². The third kappa shape index (κ3) is 6.21. The Bertz CT molecular complexity index is 65.4. The fraction of sp³-hybridized carbons (Fsp3) is 0.600. The summed E-state index contributed by atoms with van der Waals surface area (Å²) in [6, 6.07) is 0. The Labute approximate surface area is 57.5 Å². The highest BCUT2D eigenvalue weighted by molar-refractivity contribution is 6.44. The van der Waals surface area contributed by atoms with E-state index in [1.165, 1.54) is 5.54 Å². The predicted octanol–water partition coefficient (Wildman–Crippen LogP) is 1.39. The van der Waals surface area contributed by atoms with Crippen LogP contribution in [0.4, 0.5) is 0 Å². The lowest BCUT2D eigenvalue weighted by atomic mass is 10.9. The van der Waals surface area contributed by atoms with Crippen molar-refractivity contribution in [1.82, 2.24) is 0 Å². The quantitative estimate of drug-likeness (QED) is 0.433. The second-order valence-electron chi connectivity index (χ2n) is 1.13. The molecule has 0 fully saturated rings. The highest BCUT2D eigenvalue weighted by atomic mass is 35.5. The minimum Gasteiger partial charge on any atom is -0.385 e. The molecule has 46 valence electrons. The van der Waals surface area contributed by atoms with E-state index in [-0.39, 0.29) is 0 Å². The average molecular weight is 149 g/mol. The van der Waals surface area contributed by atoms with Crippen molar-refractivity contribution in [3.8, 4) is 0 Å². The van der Waals surface area contributed by atoms with Crippen molar-refractivity contribution in [2.24, 2.45) is 0 Å². The molecule has 0 aliphatic heterocycles. The molecule has 0 heterocycles. The predicted molar refractivity (Wildman–Crippen MR) is 37.2 cm³/mol. The van der Waals surface area contributed by atoms with Gasteiger partial charge in [-0.05, 0) is 12.5 Å². The van der Waals surface area contributed by atoms with Crippen LogP contribution in [0.3, 0.4) is 0 Å². The summed E-state index contributed by atoms with van der Waals surface area (Å²) < 4.78 is 5.04. The maximum atomic E-state index is 5.25. The molecule has 0 rings (SSSR count). The molecule has 0 aromatic carbocycles. The Morgan fingerprint density at radius 2 is 2.50 bits per heavy atom. The summed E-state index contributed by atoms with van der Waals surface area (Å²) in [6.07, 6.45) is 0.805. The largest absolute Gasteiger partial charge is 0.385 e. The maximum Gasteiger partial charge on any atom is 0.105 e. The molecule has 0 amide bonds. The van der Waals surface area contributed by atoms with Gasteiger partial charge in [0.2, 0.25) is 0 Å². The van der Waals surface area contributed by atoms with Gasteiger partial charge in [-0.3, -0.25) is 0 Å². The normalized spacial score (nSPS) is 10.8. The minimum absolute atomic E-state index is 0.704. The molecule has 0 saturated carbocycles. The van der Waals surface area contributed by atoms with Crippen LogP contribution < -0.4 is 0 Å². The lowest BCUT2D eigenvalue weighted by Gasteiger charge is -1.91. The van der Waals surface area contributed by atoms with Gasteiger partial charge in [0, 0.05) is 12.8 Å². The number of rotatable bonds is 4. The van der Waals surface area contributed by atoms with Crippen LogP contribution in [-0.2, 0) is 4.74 Å². The molecule has 0 saturated heterocycles. The summed E-state index contributed by atoms with van der Waals surface area (Å²) in [4.78, 5) is 0. The summed E-state index contributed by atoms with van der Waals surface area (Å²) in [6.45, 7) is 2.78. The fourth-order valence-corrected chi connectivity index (χ4v) is 1.03. The highest BCUT2D eigenvalue weighted by Gasteiger charge is 1.79. The van der Waals surface area contributed by atoms with Gasteiger partial charge >= 0.3 is 0 Å². The van der Waals surface area contributed by atoms with Crippen molar-refractivity contribution in [1.29, 1.82) is 0 Å². The van der Waals surface area contributed by atoms with Gasteiger partial charge in [-0.2, -0.15) is 0 Å². The van der Waals surface area contributed by atoms with Crippen LogP contribution in [0, 0.1) is 0 Å². The second kappa shape index (κ2) is 7.21. The van der Waals surface area contributed by atoms with Crippen molar-refractivity contribution < 1.29 is 4.74 Å². The lowest BCUT2D eigenvalue weighted by molar-refractivity contribution is 0.193. The molecule has 0 aromatic rings. The summed E-state index contributed by atoms with van der Waals surface area (Å²) in [5, 5.41) is 0. The molecule has 0 unspecified atom stereocenters. The summed E-state index contributed by atoms with van der Waals surface area (Å²) in [7, 11) is 0.704. The Balaban J connectivity index is 2.72. The first-order valence-electron chi connectivity index (χ1n) is 2.48. The summed E-state index contributed by atoms with van der Waals surface area (Å²) in [5.74, 6) is 0. The van der Waals surface area contributed by atoms with Crippen LogP contribution in [0.1, 0.15) is 6.92 Å². The van der Waals surface area contributed by atoms with E-state index in [1.54, 1.807) is 0 Å². The minimum atomic E-state index is 0.704. The van der Waals surface area contributed by atoms with E-state index in [4.69, 9.17) is 16.3 Å². The average Bonchev–Trinajstić information content (AvgIpc) is 1.81. The molecule has 8 heavy (non-hydrogen) atoms. The van der Waals surface area contributed by atoms with E-state index >= 15 is 0 Å². The highest BCUT2D eigenvalue weighted by Crippen LogP contribution is 1.76. The molecule has 0 bridgehead atoms. The Hall–Kier alpha value is 0.207. The number of halogens is 1. The van der Waals surface area contributed by atoms with Crippen molar-refractivity contribution in [3.63, 3.8) is 0 Å². The van der Waals surface area contributed by atoms with Gasteiger partial charge in [0.05, 0.1) is 0 Å². The van der Waals surface area contributed by atoms with Crippen LogP contribution in [0.5, 0.6) is 0 Å². The number of ether oxygens (including phenoxy) is 1. The number of hydrogen-bond acceptors (Lipinski definition) is 1. The van der Waals surface area contributed by atoms with Gasteiger partial charge < -0.3 is 4.74 Å². The lowest BCUT2D eigenvalue weighted by Crippen LogP contribution is -1.99. The molecule has 0 atom stereocenters. The van der Waals surface area contributed by atoms with Gasteiger partial charge in [0.1, 0.15) is 9.52 Å². The standard InChI is InChI=1S/C5H9ClOSi/c1-2-7-5-8-4-3-6/h3-4H,2,5H2,1H3. The van der Waals surface area contributed by atoms with Crippen LogP contribution in [-0.4, -0.2) is 22.4 Å². The Morgan fingerprint density at radius 1 is 1.75 bits per heavy atom. The van der Waals surface area contributed by atoms with Gasteiger partial charge in [-0.25, -0.2) is 0 Å². The first-order valence-corrected chi connectivity index (χ1v) is 4.20. The first kappa shape index (κ1) is 8.21. The molecule has 1 nitrogen and oxygen atoms in total. The zero-order valence-corrected chi connectivity index (χ0v) is 6.61.